The number of piperidine rings is 3. The summed E-state index contributed by atoms with van der Waals surface area (Å²) in [6.07, 6.45) is 7.35. The van der Waals surface area contributed by atoms with E-state index in [1.165, 1.54) is 109 Å². The summed E-state index contributed by atoms with van der Waals surface area (Å²) >= 11 is 20.5. The summed E-state index contributed by atoms with van der Waals surface area (Å²) in [5.41, 5.74) is 8.86. The van der Waals surface area contributed by atoms with Crippen molar-refractivity contribution in [2.24, 2.45) is 25.8 Å². The maximum Gasteiger partial charge on any atom is 0.422 e. The third-order valence-electron chi connectivity index (χ3n) is 21.4. The topological polar surface area (TPSA) is 471 Å². The number of nitrogens with one attached hydrogen (secondary N) is 6. The van der Waals surface area contributed by atoms with Gasteiger partial charge in [-0.25, -0.2) is 70.3 Å². The number of nitrogens with zero attached hydrogens (tertiary/aromatic N) is 9. The van der Waals surface area contributed by atoms with E-state index in [9.17, 15) is 62.4 Å². The molecule has 36 nitrogen and oxygen atoms in total. The van der Waals surface area contributed by atoms with Gasteiger partial charge in [0.2, 0.25) is 10.0 Å². The number of hydrogen-bond acceptors (Lipinski definition) is 35. The van der Waals surface area contributed by atoms with Crippen molar-refractivity contribution in [3.05, 3.63) is 187 Å². The number of thiazole rings is 3. The standard InChI is InChI=1S/C29H35ClFN5O7S2.C23H25BrFN5O3S.C23H26ClFN6O5S2.C5H10ClNO4S/c1-29(2,3)43-23(37)15-45(39,40)35-17-10-18-13-42-14-19(11-17)36(18)12-22-24(28(38)41-4)25(20-6-5-16(31)9-21(20)30)34-26(33-22)27-32-7-8-44-27;1-32-23(31)19-18(9-30-14-7-13(26)8-15(30)11-33-10-14)28-21(22-27-4-5-34-22)29-20(19)16-3-2-12(25)6-17(16)24;1-35-23(32)19-18(9-31-14-7-13(30-38(26,33)34)8-15(31)11-36-10-14)28-21(22-27-4-5-37-22)29-20(19)16-3-2-12(25)6-17(16)24;1-5(2,3)11-4(8)7-12(6,9)10/h5-9,17-19,25,35H,10-15H2,1-4H3,(H,33,34);2-6,13-15,20H,7-11,26H2,1H3,(H,28,29);2-6,13-15,20,30H,7-11H2,1H3,(H,28,29)(H2,26,33,34);1-3H3,(H,7,8)/t17?,18-,19+,25-;2*13?,14-,15+,20-;/m000./s1. The van der Waals surface area contributed by atoms with E-state index in [4.69, 9.17) is 92.9 Å². The number of fused-ring (bicyclic) bond motifs is 6. The third kappa shape index (κ3) is 26.7. The highest BCUT2D eigenvalue weighted by Crippen LogP contribution is 2.43. The second kappa shape index (κ2) is 42.9. The summed E-state index contributed by atoms with van der Waals surface area (Å²) in [6, 6.07) is 8.78. The van der Waals surface area contributed by atoms with Crippen LogP contribution in [0.1, 0.15) is 130 Å². The van der Waals surface area contributed by atoms with E-state index in [0.29, 0.717) is 155 Å². The van der Waals surface area contributed by atoms with Crippen LogP contribution in [0.25, 0.3) is 0 Å². The lowest BCUT2D eigenvalue weighted by Crippen LogP contribution is -2.62. The minimum atomic E-state index is -4.05. The lowest BCUT2D eigenvalue weighted by molar-refractivity contribution is -0.151. The highest BCUT2D eigenvalue weighted by molar-refractivity contribution is 9.10. The average Bonchev–Trinajstić information content (AvgIpc) is 1.68. The fraction of sp³-hybridized carbons (Fsp3) is 0.487. The Morgan fingerprint density at radius 3 is 1.17 bits per heavy atom. The van der Waals surface area contributed by atoms with Crippen molar-refractivity contribution in [1.82, 2.24) is 59.8 Å². The number of rotatable bonds is 22. The van der Waals surface area contributed by atoms with Gasteiger partial charge < -0.3 is 59.6 Å². The van der Waals surface area contributed by atoms with Crippen molar-refractivity contribution < 1.29 is 100 Å². The number of carbonyl (C=O) groups is 5. The molecule has 6 aromatic rings. The summed E-state index contributed by atoms with van der Waals surface area (Å²) in [5.74, 6) is -3.30. The van der Waals surface area contributed by atoms with Gasteiger partial charge in [0.1, 0.15) is 46.8 Å². The van der Waals surface area contributed by atoms with Gasteiger partial charge in [0.05, 0.1) is 77.7 Å². The number of amides is 1. The summed E-state index contributed by atoms with van der Waals surface area (Å²) < 4.78 is 161. The Kier molecular flexibility index (Phi) is 33.2. The normalized spacial score (nSPS) is 24.4. The van der Waals surface area contributed by atoms with Crippen molar-refractivity contribution in [3.63, 3.8) is 0 Å². The van der Waals surface area contributed by atoms with Gasteiger partial charge in [-0.3, -0.25) is 34.5 Å². The van der Waals surface area contributed by atoms with E-state index in [-0.39, 0.29) is 81.9 Å². The van der Waals surface area contributed by atoms with Crippen molar-refractivity contribution >= 4 is 161 Å². The molecule has 3 unspecified atom stereocenters. The molecule has 1 amide bonds. The van der Waals surface area contributed by atoms with Gasteiger partial charge in [0, 0.05) is 162 Å². The average molecular weight is 2040 g/mol. The molecule has 6 bridgehead atoms. The van der Waals surface area contributed by atoms with Crippen LogP contribution >= 0.6 is 83.8 Å². The van der Waals surface area contributed by atoms with Gasteiger partial charge in [-0.1, -0.05) is 57.3 Å². The predicted molar refractivity (Wildman–Crippen MR) is 479 cm³/mol. The summed E-state index contributed by atoms with van der Waals surface area (Å²) in [6.45, 7) is 13.5. The van der Waals surface area contributed by atoms with Crippen LogP contribution in [0.4, 0.5) is 18.0 Å². The Hall–Kier alpha value is -8.08. The number of nitrogens with two attached hydrogens (primary N) is 2. The zero-order valence-corrected chi connectivity index (χ0v) is 79.7. The SMILES string of the molecule is CC(C)(C)OC(=O)NS(=O)(=O)Cl.COC(=O)C1=C(CN2[C@@H]3COC[C@H]2CC(N)C3)NC(c2nccs2)=N[C@H]1c1ccc(F)cc1Br.COC(=O)C1=C(CN2[C@@H]3COC[C@H]2CC(NS(=O)(=O)CC(=O)OC(C)(C)C)C3)NC(c2nccs2)=N[C@H]1c1ccc(F)cc1Cl.COC(=O)C1=C(CN2[C@@H]3COC[C@H]2CC(NS(N)(=O)=O)C3)NC(c2nccs2)=N[C@H]1c1ccc(F)cc1Cl. The number of ether oxygens (including phenoxy) is 8. The molecule has 10 N–H and O–H groups in total. The molecular formula is C80H96BrCl3F3N17O19S6. The van der Waals surface area contributed by atoms with E-state index < -0.39 is 112 Å². The number of halogens is 7. The maximum atomic E-state index is 14.0. The molecule has 0 saturated carbocycles. The molecule has 3 aromatic heterocycles. The lowest BCUT2D eigenvalue weighted by Gasteiger charge is -2.49. The number of carbonyl (C=O) groups excluding carboxylic acids is 5. The van der Waals surface area contributed by atoms with Crippen LogP contribution in [0, 0.1) is 17.5 Å². The molecule has 6 saturated heterocycles. The van der Waals surface area contributed by atoms with E-state index in [0.717, 1.165) is 12.8 Å². The maximum absolute atomic E-state index is 14.0. The zero-order chi connectivity index (χ0) is 93.4. The van der Waals surface area contributed by atoms with Gasteiger partial charge in [0.25, 0.3) is 10.2 Å². The molecule has 6 fully saturated rings. The number of morpholine rings is 3. The first kappa shape index (κ1) is 99.9. The van der Waals surface area contributed by atoms with Gasteiger partial charge in [-0.15, -0.1) is 34.0 Å². The van der Waals surface area contributed by atoms with E-state index >= 15 is 0 Å². The Labute approximate surface area is 777 Å². The van der Waals surface area contributed by atoms with Crippen LogP contribution in [-0.2, 0) is 86.5 Å². The molecule has 12 atom stereocenters. The Morgan fingerprint density at radius 1 is 0.527 bits per heavy atom. The number of benzene rings is 3. The second-order valence-corrected chi connectivity index (χ2v) is 42.7. The van der Waals surface area contributed by atoms with Gasteiger partial charge in [-0.05, 0) is 122 Å². The third-order valence-corrected chi connectivity index (χ3v) is 27.6. The molecule has 0 radical (unpaired) electrons. The van der Waals surface area contributed by atoms with Crippen molar-refractivity contribution in [3.8, 4) is 0 Å². The molecule has 49 heteroatoms. The van der Waals surface area contributed by atoms with Crippen LogP contribution in [0.15, 0.2) is 143 Å². The van der Waals surface area contributed by atoms with Crippen molar-refractivity contribution in [1.29, 1.82) is 0 Å². The number of aromatic nitrogens is 3. The van der Waals surface area contributed by atoms with Crippen LogP contribution < -0.4 is 41.0 Å². The molecule has 15 rings (SSSR count). The number of methoxy groups -OCH3 is 3. The largest absolute Gasteiger partial charge is 0.466 e. The summed E-state index contributed by atoms with van der Waals surface area (Å²) in [4.78, 5) is 96.8. The fourth-order valence-electron chi connectivity index (χ4n) is 16.4. The Bertz CT molecular complexity index is 5640. The summed E-state index contributed by atoms with van der Waals surface area (Å²) in [5, 5.41) is 22.8. The molecule has 700 valence electrons. The molecule has 9 aliphatic heterocycles. The number of hydrogen-bond donors (Lipinski definition) is 8. The molecule has 3 aromatic carbocycles. The van der Waals surface area contributed by atoms with Crippen LogP contribution in [0.2, 0.25) is 10.0 Å². The number of esters is 4. The first-order chi connectivity index (χ1) is 60.9. The van der Waals surface area contributed by atoms with E-state index in [1.54, 1.807) is 71.6 Å². The minimum absolute atomic E-state index is 0.106. The Morgan fingerprint density at radius 2 is 0.860 bits per heavy atom. The Balaban J connectivity index is 0.000000166. The van der Waals surface area contributed by atoms with E-state index in [1.807, 2.05) is 10.8 Å². The highest BCUT2D eigenvalue weighted by atomic mass is 79.9. The number of amidine groups is 3. The molecule has 0 spiro atoms. The van der Waals surface area contributed by atoms with Crippen LogP contribution in [0.5, 0.6) is 0 Å². The van der Waals surface area contributed by atoms with Crippen LogP contribution in [0.3, 0.4) is 0 Å². The number of sulfonamides is 1. The van der Waals surface area contributed by atoms with Gasteiger partial charge in [0.15, 0.2) is 38.3 Å². The van der Waals surface area contributed by atoms with Crippen molar-refractivity contribution in [2.45, 2.75) is 164 Å². The first-order valence-corrected chi connectivity index (χ1v) is 49.9. The highest BCUT2D eigenvalue weighted by Gasteiger charge is 2.47. The monoisotopic (exact) mass is 2030 g/mol. The number of aliphatic imine (C=N–C) groups is 3. The van der Waals surface area contributed by atoms with E-state index in [2.05, 4.69) is 75.7 Å². The van der Waals surface area contributed by atoms with Crippen molar-refractivity contribution in [2.75, 3.05) is 86.4 Å². The first-order valence-electron chi connectivity index (χ1n) is 40.2. The molecule has 12 heterocycles. The predicted octanol–water partition coefficient (Wildman–Crippen LogP) is 8.17. The zero-order valence-electron chi connectivity index (χ0n) is 70.9. The van der Waals surface area contributed by atoms with Crippen LogP contribution in [-0.4, -0.2) is 254 Å². The van der Waals surface area contributed by atoms with Gasteiger partial charge >= 0.3 is 39.2 Å². The minimum Gasteiger partial charge on any atom is -0.466 e. The smallest absolute Gasteiger partial charge is 0.422 e. The lowest BCUT2D eigenvalue weighted by atomic mass is 9.89. The molecule has 129 heavy (non-hydrogen) atoms. The molecule has 9 aliphatic rings. The summed E-state index contributed by atoms with van der Waals surface area (Å²) in [7, 11) is -3.23. The fourth-order valence-corrected chi connectivity index (χ4v) is 21.5. The molecular weight excluding hydrogens is 1940 g/mol. The second-order valence-electron chi connectivity index (χ2n) is 33.0. The van der Waals surface area contributed by atoms with Gasteiger partial charge in [-0.2, -0.15) is 21.6 Å². The molecule has 0 aliphatic carbocycles. The quantitative estimate of drug-likeness (QED) is 0.0180.